The molecule has 26 heavy (non-hydrogen) atoms. The lowest BCUT2D eigenvalue weighted by molar-refractivity contribution is -0.113. The zero-order valence-corrected chi connectivity index (χ0v) is 17.2. The smallest absolute Gasteiger partial charge is 0.341 e. The predicted molar refractivity (Wildman–Crippen MR) is 106 cm³/mol. The van der Waals surface area contributed by atoms with Gasteiger partial charge in [0.1, 0.15) is 5.00 Å². The van der Waals surface area contributed by atoms with E-state index in [1.54, 1.807) is 6.92 Å². The van der Waals surface area contributed by atoms with Gasteiger partial charge in [0, 0.05) is 10.9 Å². The van der Waals surface area contributed by atoms with Crippen molar-refractivity contribution < 1.29 is 14.3 Å². The van der Waals surface area contributed by atoms with Crippen LogP contribution >= 0.6 is 34.4 Å². The van der Waals surface area contributed by atoms with Crippen molar-refractivity contribution in [2.24, 2.45) is 0 Å². The Labute approximate surface area is 163 Å². The van der Waals surface area contributed by atoms with E-state index in [0.29, 0.717) is 23.2 Å². The number of rotatable bonds is 8. The molecule has 2 heterocycles. The molecule has 1 fully saturated rings. The molecular weight excluding hydrogens is 392 g/mol. The molecule has 2 N–H and O–H groups in total. The number of aryl methyl sites for hydroxylation is 1. The quantitative estimate of drug-likeness (QED) is 0.504. The topological polar surface area (TPSA) is 93.2 Å². The highest BCUT2D eigenvalue weighted by Crippen LogP contribution is 2.34. The fraction of sp³-hybridized carbons (Fsp3) is 0.500. The van der Waals surface area contributed by atoms with Crippen LogP contribution in [0.2, 0.25) is 0 Å². The zero-order valence-electron chi connectivity index (χ0n) is 14.7. The van der Waals surface area contributed by atoms with Gasteiger partial charge in [-0.3, -0.25) is 4.79 Å². The van der Waals surface area contributed by atoms with E-state index in [0.717, 1.165) is 19.9 Å². The summed E-state index contributed by atoms with van der Waals surface area (Å²) in [7, 11) is 0. The fourth-order valence-electron chi connectivity index (χ4n) is 2.18. The Bertz CT molecular complexity index is 814. The minimum atomic E-state index is -0.405. The van der Waals surface area contributed by atoms with Crippen molar-refractivity contribution in [2.45, 2.75) is 44.0 Å². The lowest BCUT2D eigenvalue weighted by Crippen LogP contribution is -2.16. The van der Waals surface area contributed by atoms with Crippen molar-refractivity contribution in [1.82, 2.24) is 10.2 Å². The summed E-state index contributed by atoms with van der Waals surface area (Å²) in [5.74, 6) is -0.387. The maximum Gasteiger partial charge on any atom is 0.341 e. The number of anilines is 2. The van der Waals surface area contributed by atoms with E-state index in [9.17, 15) is 9.59 Å². The van der Waals surface area contributed by atoms with Gasteiger partial charge in [0.05, 0.1) is 17.9 Å². The lowest BCUT2D eigenvalue weighted by atomic mass is 10.1. The highest BCUT2D eigenvalue weighted by molar-refractivity contribution is 8.01. The number of thiophene rings is 1. The molecule has 0 radical (unpaired) electrons. The van der Waals surface area contributed by atoms with Crippen molar-refractivity contribution in [3.8, 4) is 0 Å². The summed E-state index contributed by atoms with van der Waals surface area (Å²) in [6.45, 7) is 5.83. The molecule has 0 aliphatic heterocycles. The Morgan fingerprint density at radius 2 is 2.04 bits per heavy atom. The fourth-order valence-corrected chi connectivity index (χ4v) is 4.88. The van der Waals surface area contributed by atoms with Crippen molar-refractivity contribution in [2.75, 3.05) is 23.0 Å². The minimum absolute atomic E-state index is 0.186. The Balaban J connectivity index is 1.58. The summed E-state index contributed by atoms with van der Waals surface area (Å²) in [6, 6.07) is 0.524. The largest absolute Gasteiger partial charge is 0.462 e. The molecule has 7 nitrogen and oxygen atoms in total. The van der Waals surface area contributed by atoms with E-state index in [1.807, 2.05) is 13.8 Å². The third kappa shape index (κ3) is 4.74. The van der Waals surface area contributed by atoms with Gasteiger partial charge in [0.25, 0.3) is 0 Å². The van der Waals surface area contributed by atoms with Crippen molar-refractivity contribution in [3.63, 3.8) is 0 Å². The van der Waals surface area contributed by atoms with E-state index in [2.05, 4.69) is 20.8 Å². The summed E-state index contributed by atoms with van der Waals surface area (Å²) in [5.41, 5.74) is 1.29. The van der Waals surface area contributed by atoms with Gasteiger partial charge in [0.2, 0.25) is 11.0 Å². The number of nitrogens with one attached hydrogen (secondary N) is 2. The minimum Gasteiger partial charge on any atom is -0.462 e. The summed E-state index contributed by atoms with van der Waals surface area (Å²) >= 11 is 4.17. The number of nitrogens with zero attached hydrogens (tertiary/aromatic N) is 2. The molecule has 140 valence electrons. The molecule has 3 rings (SSSR count). The number of aromatic nitrogens is 2. The molecule has 0 aromatic carbocycles. The third-order valence-electron chi connectivity index (χ3n) is 3.76. The first kappa shape index (κ1) is 19.1. The van der Waals surface area contributed by atoms with E-state index < -0.39 is 5.97 Å². The number of hydrogen-bond donors (Lipinski definition) is 2. The first-order valence-electron chi connectivity index (χ1n) is 8.27. The molecule has 0 saturated heterocycles. The highest BCUT2D eigenvalue weighted by atomic mass is 32.2. The average molecular weight is 413 g/mol. The highest BCUT2D eigenvalue weighted by Gasteiger charge is 2.23. The molecule has 1 aliphatic carbocycles. The second kappa shape index (κ2) is 8.36. The first-order chi connectivity index (χ1) is 12.5. The predicted octanol–water partition coefficient (Wildman–Crippen LogP) is 3.70. The van der Waals surface area contributed by atoms with Gasteiger partial charge < -0.3 is 15.4 Å². The Hall–Kier alpha value is -1.65. The van der Waals surface area contributed by atoms with Gasteiger partial charge in [-0.1, -0.05) is 23.1 Å². The number of esters is 1. The molecule has 2 aromatic heterocycles. The van der Waals surface area contributed by atoms with Gasteiger partial charge >= 0.3 is 5.97 Å². The molecule has 0 unspecified atom stereocenters. The normalized spacial score (nSPS) is 13.5. The van der Waals surface area contributed by atoms with Gasteiger partial charge in [-0.15, -0.1) is 21.5 Å². The third-order valence-corrected chi connectivity index (χ3v) is 6.87. The van der Waals surface area contributed by atoms with E-state index in [1.165, 1.54) is 47.3 Å². The zero-order chi connectivity index (χ0) is 18.7. The maximum atomic E-state index is 12.3. The van der Waals surface area contributed by atoms with Crippen LogP contribution < -0.4 is 10.6 Å². The Morgan fingerprint density at radius 1 is 1.27 bits per heavy atom. The van der Waals surface area contributed by atoms with E-state index in [4.69, 9.17) is 4.74 Å². The van der Waals surface area contributed by atoms with Crippen LogP contribution in [-0.4, -0.2) is 40.5 Å². The van der Waals surface area contributed by atoms with Crippen LogP contribution in [0.25, 0.3) is 0 Å². The molecule has 1 saturated carbocycles. The summed E-state index contributed by atoms with van der Waals surface area (Å²) in [6.07, 6.45) is 2.35. The number of carbonyl (C=O) groups is 2. The van der Waals surface area contributed by atoms with Crippen LogP contribution in [0.1, 0.15) is 40.6 Å². The molecule has 1 amide bonds. The van der Waals surface area contributed by atoms with Crippen molar-refractivity contribution in [1.29, 1.82) is 0 Å². The van der Waals surface area contributed by atoms with Crippen LogP contribution in [0.4, 0.5) is 10.1 Å². The molecule has 0 bridgehead atoms. The number of thioether (sulfide) groups is 1. The number of carbonyl (C=O) groups excluding carboxylic acids is 2. The van der Waals surface area contributed by atoms with Gasteiger partial charge in [0.15, 0.2) is 4.34 Å². The molecule has 10 heteroatoms. The van der Waals surface area contributed by atoms with Gasteiger partial charge in [-0.25, -0.2) is 4.79 Å². The average Bonchev–Trinajstić information content (AvgIpc) is 3.21. The molecule has 2 aromatic rings. The Kier molecular flexibility index (Phi) is 6.15. The van der Waals surface area contributed by atoms with Crippen LogP contribution in [-0.2, 0) is 9.53 Å². The standard InChI is InChI=1S/C16H20N4O3S3/c1-4-23-14(22)12-8(2)9(3)25-13(12)18-11(21)7-24-16-20-19-15(26-16)17-10-5-6-10/h10H,4-7H2,1-3H3,(H,17,19)(H,18,21). The molecule has 0 atom stereocenters. The second-order valence-electron chi connectivity index (χ2n) is 5.84. The molecular formula is C16H20N4O3S3. The van der Waals surface area contributed by atoms with Crippen LogP contribution in [0, 0.1) is 13.8 Å². The van der Waals surface area contributed by atoms with E-state index in [-0.39, 0.29) is 11.7 Å². The summed E-state index contributed by atoms with van der Waals surface area (Å²) in [5, 5.41) is 15.6. The van der Waals surface area contributed by atoms with Crippen molar-refractivity contribution >= 4 is 56.4 Å². The number of ether oxygens (including phenoxy) is 1. The molecule has 1 aliphatic rings. The lowest BCUT2D eigenvalue weighted by Gasteiger charge is -2.06. The van der Waals surface area contributed by atoms with E-state index >= 15 is 0 Å². The molecule has 0 spiro atoms. The van der Waals surface area contributed by atoms with Crippen LogP contribution in [0.3, 0.4) is 0 Å². The Morgan fingerprint density at radius 3 is 2.73 bits per heavy atom. The maximum absolute atomic E-state index is 12.3. The van der Waals surface area contributed by atoms with Gasteiger partial charge in [-0.2, -0.15) is 0 Å². The number of amides is 1. The number of hydrogen-bond acceptors (Lipinski definition) is 9. The van der Waals surface area contributed by atoms with Gasteiger partial charge in [-0.05, 0) is 39.2 Å². The van der Waals surface area contributed by atoms with Crippen LogP contribution in [0.5, 0.6) is 0 Å². The monoisotopic (exact) mass is 412 g/mol. The first-order valence-corrected chi connectivity index (χ1v) is 10.9. The van der Waals surface area contributed by atoms with Crippen LogP contribution in [0.15, 0.2) is 4.34 Å². The van der Waals surface area contributed by atoms with Crippen molar-refractivity contribution in [3.05, 3.63) is 16.0 Å². The summed E-state index contributed by atoms with van der Waals surface area (Å²) < 4.78 is 5.84. The SMILES string of the molecule is CCOC(=O)c1c(NC(=O)CSc2nnc(NC3CC3)s2)sc(C)c1C. The second-order valence-corrected chi connectivity index (χ2v) is 9.26. The summed E-state index contributed by atoms with van der Waals surface area (Å²) in [4.78, 5) is 25.4.